The molecule has 0 aliphatic heterocycles. The second kappa shape index (κ2) is 6.67. The van der Waals surface area contributed by atoms with E-state index < -0.39 is 8.60 Å². The van der Waals surface area contributed by atoms with E-state index in [2.05, 4.69) is 13.8 Å². The fourth-order valence-electron chi connectivity index (χ4n) is 1.49. The highest BCUT2D eigenvalue weighted by Crippen LogP contribution is 2.35. The molecule has 1 aromatic carbocycles. The molecule has 1 atom stereocenters. The smallest absolute Gasteiger partial charge is 0.328 e. The Morgan fingerprint density at radius 3 is 2.59 bits per heavy atom. The third-order valence-corrected chi connectivity index (χ3v) is 3.38. The van der Waals surface area contributed by atoms with E-state index >= 15 is 0 Å². The molecule has 5 heteroatoms. The van der Waals surface area contributed by atoms with Crippen LogP contribution in [0.25, 0.3) is 0 Å². The maximum Gasteiger partial charge on any atom is 0.329 e. The maximum absolute atomic E-state index is 9.24. The zero-order valence-corrected chi connectivity index (χ0v) is 12.0. The van der Waals surface area contributed by atoms with E-state index in [0.29, 0.717) is 6.61 Å². The third-order valence-electron chi connectivity index (χ3n) is 2.35. The fraction of sp³-hybridized carbons (Fsp3) is 0.500. The molecule has 0 radical (unpaired) electrons. The predicted octanol–water partition coefficient (Wildman–Crippen LogP) is 3.79. The Labute approximate surface area is 109 Å². The minimum atomic E-state index is -1.76. The number of hydrogen-bond acceptors (Lipinski definition) is 3. The summed E-state index contributed by atoms with van der Waals surface area (Å²) < 4.78 is 9.91. The summed E-state index contributed by atoms with van der Waals surface area (Å²) in [5, 5.41) is 0.763. The summed E-state index contributed by atoms with van der Waals surface area (Å²) in [7, 11) is -0.335. The number of hydrogen-bond donors (Lipinski definition) is 1. The zero-order valence-electron chi connectivity index (χ0n) is 10.3. The lowest BCUT2D eigenvalue weighted by atomic mass is 9.87. The number of benzene rings is 1. The quantitative estimate of drug-likeness (QED) is 0.804. The van der Waals surface area contributed by atoms with Gasteiger partial charge in [0, 0.05) is 12.1 Å². The molecule has 0 spiro atoms. The molecule has 96 valence electrons. The van der Waals surface area contributed by atoms with Gasteiger partial charge in [0.05, 0.1) is 6.61 Å². The molecule has 0 aliphatic carbocycles. The van der Waals surface area contributed by atoms with Crippen molar-refractivity contribution in [2.75, 3.05) is 13.7 Å². The summed E-state index contributed by atoms with van der Waals surface area (Å²) in [5.41, 5.74) is 0.981. The molecule has 17 heavy (non-hydrogen) atoms. The molecule has 0 saturated heterocycles. The van der Waals surface area contributed by atoms with Gasteiger partial charge in [0.2, 0.25) is 0 Å². The lowest BCUT2D eigenvalue weighted by Crippen LogP contribution is -2.21. The molecule has 1 rings (SSSR count). The van der Waals surface area contributed by atoms with Crippen LogP contribution in [0.1, 0.15) is 19.4 Å². The maximum atomic E-state index is 9.24. The van der Waals surface area contributed by atoms with Gasteiger partial charge in [-0.15, -0.1) is 0 Å². The largest absolute Gasteiger partial charge is 0.329 e. The molecular weight excluding hydrogens is 259 g/mol. The van der Waals surface area contributed by atoms with Crippen LogP contribution in [0, 0.1) is 5.41 Å². The van der Waals surface area contributed by atoms with Crippen molar-refractivity contribution in [1.82, 2.24) is 0 Å². The first kappa shape index (κ1) is 14.9. The van der Waals surface area contributed by atoms with Crippen molar-refractivity contribution >= 4 is 20.2 Å². The van der Waals surface area contributed by atoms with E-state index in [1.165, 1.54) is 7.11 Å². The van der Waals surface area contributed by atoms with Gasteiger partial charge in [-0.3, -0.25) is 0 Å². The van der Waals surface area contributed by atoms with Crippen molar-refractivity contribution < 1.29 is 13.9 Å². The molecule has 0 bridgehead atoms. The Balaban J connectivity index is 2.57. The van der Waals surface area contributed by atoms with E-state index in [-0.39, 0.29) is 5.41 Å². The first-order valence-electron chi connectivity index (χ1n) is 5.34. The Bertz CT molecular complexity index is 357. The Morgan fingerprint density at radius 1 is 1.35 bits per heavy atom. The van der Waals surface area contributed by atoms with Gasteiger partial charge >= 0.3 is 8.60 Å². The predicted molar refractivity (Wildman–Crippen MR) is 71.0 cm³/mol. The molecule has 1 N–H and O–H groups in total. The highest BCUT2D eigenvalue weighted by molar-refractivity contribution is 7.40. The van der Waals surface area contributed by atoms with E-state index in [0.717, 1.165) is 17.0 Å². The van der Waals surface area contributed by atoms with Crippen LogP contribution in [0.4, 0.5) is 0 Å². The highest BCUT2D eigenvalue weighted by atomic mass is 35.5. The van der Waals surface area contributed by atoms with Crippen molar-refractivity contribution in [2.45, 2.75) is 20.3 Å². The lowest BCUT2D eigenvalue weighted by Gasteiger charge is -2.25. The van der Waals surface area contributed by atoms with Gasteiger partial charge in [0.25, 0.3) is 0 Å². The van der Waals surface area contributed by atoms with Crippen molar-refractivity contribution in [1.29, 1.82) is 0 Å². The average molecular weight is 277 g/mol. The molecule has 1 aromatic rings. The van der Waals surface area contributed by atoms with Gasteiger partial charge in [-0.1, -0.05) is 43.6 Å². The Hall–Kier alpha value is -0.180. The summed E-state index contributed by atoms with van der Waals surface area (Å²) in [6, 6.07) is 7.75. The second-order valence-corrected chi connectivity index (χ2v) is 6.13. The van der Waals surface area contributed by atoms with Crippen molar-refractivity contribution in [2.24, 2.45) is 5.41 Å². The minimum absolute atomic E-state index is 0.104. The molecule has 0 heterocycles. The normalized spacial score (nSPS) is 13.7. The van der Waals surface area contributed by atoms with Gasteiger partial charge < -0.3 is 13.9 Å². The molecular formula is C12H18ClO3P. The Morgan fingerprint density at radius 2 is 2.00 bits per heavy atom. The van der Waals surface area contributed by atoms with Gasteiger partial charge in [0.1, 0.15) is 0 Å². The van der Waals surface area contributed by atoms with Crippen molar-refractivity contribution in [3.05, 3.63) is 34.9 Å². The first-order chi connectivity index (χ1) is 7.94. The molecule has 0 saturated carbocycles. The SMILES string of the molecule is COP(O)OCC(C)(C)Cc1ccccc1Cl. The van der Waals surface area contributed by atoms with Crippen LogP contribution in [0.5, 0.6) is 0 Å². The fourth-order valence-corrected chi connectivity index (χ4v) is 2.26. The summed E-state index contributed by atoms with van der Waals surface area (Å²) in [5.74, 6) is 0. The van der Waals surface area contributed by atoms with E-state index in [4.69, 9.17) is 20.6 Å². The van der Waals surface area contributed by atoms with Gasteiger partial charge in [-0.25, -0.2) is 0 Å². The van der Waals surface area contributed by atoms with Crippen molar-refractivity contribution in [3.8, 4) is 0 Å². The van der Waals surface area contributed by atoms with E-state index in [1.54, 1.807) is 0 Å². The molecule has 0 aliphatic rings. The van der Waals surface area contributed by atoms with Crippen LogP contribution in [0.15, 0.2) is 24.3 Å². The summed E-state index contributed by atoms with van der Waals surface area (Å²) in [4.78, 5) is 9.24. The summed E-state index contributed by atoms with van der Waals surface area (Å²) in [6.45, 7) is 4.55. The van der Waals surface area contributed by atoms with Crippen LogP contribution in [-0.2, 0) is 15.5 Å². The van der Waals surface area contributed by atoms with Crippen LogP contribution >= 0.6 is 20.2 Å². The zero-order chi connectivity index (χ0) is 12.9. The molecule has 1 unspecified atom stereocenters. The highest BCUT2D eigenvalue weighted by Gasteiger charge is 2.22. The van der Waals surface area contributed by atoms with Crippen LogP contribution in [-0.4, -0.2) is 18.6 Å². The standard InChI is InChI=1S/C12H18ClO3P/c1-12(2,9-16-17(14)15-3)8-10-6-4-5-7-11(10)13/h4-7,14H,8-9H2,1-3H3. The molecule has 0 amide bonds. The van der Waals surface area contributed by atoms with E-state index in [9.17, 15) is 4.89 Å². The number of rotatable bonds is 6. The number of halogens is 1. The summed E-state index contributed by atoms with van der Waals surface area (Å²) in [6.07, 6.45) is 0.791. The van der Waals surface area contributed by atoms with E-state index in [1.807, 2.05) is 24.3 Å². The monoisotopic (exact) mass is 276 g/mol. The lowest BCUT2D eigenvalue weighted by molar-refractivity contribution is 0.148. The van der Waals surface area contributed by atoms with Gasteiger partial charge in [-0.2, -0.15) is 0 Å². The minimum Gasteiger partial charge on any atom is -0.328 e. The molecule has 3 nitrogen and oxygen atoms in total. The molecule has 0 aromatic heterocycles. The first-order valence-corrected chi connectivity index (χ1v) is 6.85. The van der Waals surface area contributed by atoms with Crippen molar-refractivity contribution in [3.63, 3.8) is 0 Å². The van der Waals surface area contributed by atoms with Gasteiger partial charge in [-0.05, 0) is 23.5 Å². The molecule has 0 fully saturated rings. The third kappa shape index (κ3) is 5.33. The van der Waals surface area contributed by atoms with Crippen LogP contribution in [0.2, 0.25) is 5.02 Å². The average Bonchev–Trinajstić information content (AvgIpc) is 2.29. The topological polar surface area (TPSA) is 38.7 Å². The Kier molecular flexibility index (Phi) is 5.84. The summed E-state index contributed by atoms with van der Waals surface area (Å²) >= 11 is 6.11. The van der Waals surface area contributed by atoms with Gasteiger partial charge in [0.15, 0.2) is 0 Å². The second-order valence-electron chi connectivity index (χ2n) is 4.63. The van der Waals surface area contributed by atoms with Crippen LogP contribution in [0.3, 0.4) is 0 Å². The van der Waals surface area contributed by atoms with Crippen LogP contribution < -0.4 is 0 Å².